The van der Waals surface area contributed by atoms with Crippen molar-refractivity contribution in [3.8, 4) is 17.0 Å². The quantitative estimate of drug-likeness (QED) is 0.688. The molecular formula is C20H22N2OS. The maximum Gasteiger partial charge on any atom is 0.164 e. The molecule has 124 valence electrons. The minimum absolute atomic E-state index is 0.170. The number of hydrogen-bond donors (Lipinski definition) is 1. The Morgan fingerprint density at radius 1 is 0.958 bits per heavy atom. The second kappa shape index (κ2) is 6.36. The highest BCUT2D eigenvalue weighted by molar-refractivity contribution is 7.99. The lowest BCUT2D eigenvalue weighted by Crippen LogP contribution is -2.24. The lowest BCUT2D eigenvalue weighted by atomic mass is 10.1. The van der Waals surface area contributed by atoms with Crippen molar-refractivity contribution in [1.82, 2.24) is 9.78 Å². The smallest absolute Gasteiger partial charge is 0.164 e. The van der Waals surface area contributed by atoms with Gasteiger partial charge >= 0.3 is 0 Å². The number of benzene rings is 2. The van der Waals surface area contributed by atoms with Crippen LogP contribution in [0.3, 0.4) is 0 Å². The number of aromatic nitrogens is 2. The Kier molecular flexibility index (Phi) is 4.41. The standard InChI is InChI=1S/C20H22N2OS/c1-14-19(23)18(21-22(14)20(2,3)4)15-9-8-12-17(13-15)24-16-10-6-5-7-11-16/h5-13,23H,1-4H3. The molecule has 3 aromatic rings. The normalized spacial score (nSPS) is 11.7. The maximum absolute atomic E-state index is 10.5. The maximum atomic E-state index is 10.5. The first-order valence-electron chi connectivity index (χ1n) is 7.98. The van der Waals surface area contributed by atoms with Crippen LogP contribution >= 0.6 is 11.8 Å². The fourth-order valence-electron chi connectivity index (χ4n) is 2.67. The van der Waals surface area contributed by atoms with Gasteiger partial charge in [0.2, 0.25) is 0 Å². The Morgan fingerprint density at radius 2 is 1.62 bits per heavy atom. The van der Waals surface area contributed by atoms with E-state index in [4.69, 9.17) is 0 Å². The Morgan fingerprint density at radius 3 is 2.25 bits per heavy atom. The van der Waals surface area contributed by atoms with Gasteiger partial charge in [-0.05, 0) is 52.0 Å². The molecule has 0 atom stereocenters. The van der Waals surface area contributed by atoms with Gasteiger partial charge in [0.05, 0.1) is 11.2 Å². The Hall–Kier alpha value is -2.20. The summed E-state index contributed by atoms with van der Waals surface area (Å²) in [4.78, 5) is 2.32. The van der Waals surface area contributed by atoms with Crippen molar-refractivity contribution in [2.45, 2.75) is 43.0 Å². The SMILES string of the molecule is Cc1c(O)c(-c2cccc(Sc3ccccc3)c2)nn1C(C)(C)C. The second-order valence-electron chi connectivity index (χ2n) is 6.81. The molecule has 0 radical (unpaired) electrons. The molecule has 2 aromatic carbocycles. The lowest BCUT2D eigenvalue weighted by molar-refractivity contribution is 0.345. The number of hydrogen-bond acceptors (Lipinski definition) is 3. The first kappa shape index (κ1) is 16.7. The molecule has 0 bridgehead atoms. The molecule has 3 nitrogen and oxygen atoms in total. The van der Waals surface area contributed by atoms with E-state index in [9.17, 15) is 5.11 Å². The molecule has 0 saturated heterocycles. The Balaban J connectivity index is 1.98. The van der Waals surface area contributed by atoms with E-state index in [0.717, 1.165) is 16.2 Å². The molecule has 0 amide bonds. The molecule has 3 rings (SSSR count). The van der Waals surface area contributed by atoms with Crippen LogP contribution in [0, 0.1) is 6.92 Å². The van der Waals surface area contributed by atoms with Crippen LogP contribution in [0.15, 0.2) is 64.4 Å². The third-order valence-electron chi connectivity index (χ3n) is 3.81. The van der Waals surface area contributed by atoms with E-state index in [1.807, 2.05) is 41.9 Å². The molecule has 0 aliphatic heterocycles. The Labute approximate surface area is 147 Å². The third kappa shape index (κ3) is 3.34. The summed E-state index contributed by atoms with van der Waals surface area (Å²) < 4.78 is 1.88. The highest BCUT2D eigenvalue weighted by atomic mass is 32.2. The van der Waals surface area contributed by atoms with Crippen LogP contribution in [-0.4, -0.2) is 14.9 Å². The lowest BCUT2D eigenvalue weighted by Gasteiger charge is -2.20. The van der Waals surface area contributed by atoms with E-state index in [-0.39, 0.29) is 11.3 Å². The predicted molar refractivity (Wildman–Crippen MR) is 99.6 cm³/mol. The highest BCUT2D eigenvalue weighted by Crippen LogP contribution is 2.36. The van der Waals surface area contributed by atoms with Crippen molar-refractivity contribution >= 4 is 11.8 Å². The van der Waals surface area contributed by atoms with Crippen molar-refractivity contribution in [3.63, 3.8) is 0 Å². The van der Waals surface area contributed by atoms with Crippen LogP contribution in [0.4, 0.5) is 0 Å². The average molecular weight is 338 g/mol. The van der Waals surface area contributed by atoms with Crippen LogP contribution in [0.1, 0.15) is 26.5 Å². The van der Waals surface area contributed by atoms with Gasteiger partial charge in [-0.3, -0.25) is 4.68 Å². The fraction of sp³-hybridized carbons (Fsp3) is 0.250. The molecule has 1 heterocycles. The zero-order valence-electron chi connectivity index (χ0n) is 14.4. The topological polar surface area (TPSA) is 38.1 Å². The molecule has 0 spiro atoms. The van der Waals surface area contributed by atoms with E-state index >= 15 is 0 Å². The zero-order chi connectivity index (χ0) is 17.3. The first-order valence-corrected chi connectivity index (χ1v) is 8.80. The molecular weight excluding hydrogens is 316 g/mol. The van der Waals surface area contributed by atoms with E-state index in [1.54, 1.807) is 11.8 Å². The molecule has 0 fully saturated rings. The van der Waals surface area contributed by atoms with Crippen molar-refractivity contribution in [2.24, 2.45) is 0 Å². The summed E-state index contributed by atoms with van der Waals surface area (Å²) in [6.07, 6.45) is 0. The van der Waals surface area contributed by atoms with E-state index in [0.29, 0.717) is 5.69 Å². The Bertz CT molecular complexity index is 848. The molecule has 0 saturated carbocycles. The molecule has 0 aliphatic carbocycles. The van der Waals surface area contributed by atoms with Crippen LogP contribution in [0.25, 0.3) is 11.3 Å². The van der Waals surface area contributed by atoms with Crippen LogP contribution in [0.5, 0.6) is 5.75 Å². The first-order chi connectivity index (χ1) is 11.4. The molecule has 0 aliphatic rings. The van der Waals surface area contributed by atoms with E-state index < -0.39 is 0 Å². The molecule has 24 heavy (non-hydrogen) atoms. The summed E-state index contributed by atoms with van der Waals surface area (Å²) in [5.41, 5.74) is 2.19. The van der Waals surface area contributed by atoms with Gasteiger partial charge in [-0.1, -0.05) is 42.1 Å². The summed E-state index contributed by atoms with van der Waals surface area (Å²) in [5, 5.41) is 15.2. The fourth-order valence-corrected chi connectivity index (χ4v) is 3.57. The molecule has 1 N–H and O–H groups in total. The minimum atomic E-state index is -0.170. The summed E-state index contributed by atoms with van der Waals surface area (Å²) in [6.45, 7) is 8.15. The molecule has 0 unspecified atom stereocenters. The van der Waals surface area contributed by atoms with E-state index in [1.165, 1.54) is 4.90 Å². The van der Waals surface area contributed by atoms with Crippen LogP contribution < -0.4 is 0 Å². The van der Waals surface area contributed by atoms with Gasteiger partial charge in [0.1, 0.15) is 5.69 Å². The minimum Gasteiger partial charge on any atom is -0.504 e. The average Bonchev–Trinajstić information content (AvgIpc) is 2.84. The van der Waals surface area contributed by atoms with Gasteiger partial charge in [-0.2, -0.15) is 5.10 Å². The van der Waals surface area contributed by atoms with Gasteiger partial charge in [0.15, 0.2) is 5.75 Å². The number of aromatic hydroxyl groups is 1. The zero-order valence-corrected chi connectivity index (χ0v) is 15.3. The van der Waals surface area contributed by atoms with E-state index in [2.05, 4.69) is 50.1 Å². The highest BCUT2D eigenvalue weighted by Gasteiger charge is 2.23. The third-order valence-corrected chi connectivity index (χ3v) is 4.80. The number of rotatable bonds is 3. The monoisotopic (exact) mass is 338 g/mol. The second-order valence-corrected chi connectivity index (χ2v) is 7.96. The van der Waals surface area contributed by atoms with Crippen molar-refractivity contribution in [1.29, 1.82) is 0 Å². The summed E-state index contributed by atoms with van der Waals surface area (Å²) in [5.74, 6) is 0.256. The summed E-state index contributed by atoms with van der Waals surface area (Å²) in [6, 6.07) is 18.4. The van der Waals surface area contributed by atoms with Crippen molar-refractivity contribution < 1.29 is 5.11 Å². The van der Waals surface area contributed by atoms with Gasteiger partial charge in [0, 0.05) is 15.4 Å². The summed E-state index contributed by atoms with van der Waals surface area (Å²) >= 11 is 1.70. The van der Waals surface area contributed by atoms with Gasteiger partial charge in [0.25, 0.3) is 0 Å². The van der Waals surface area contributed by atoms with Gasteiger partial charge in [-0.15, -0.1) is 0 Å². The van der Waals surface area contributed by atoms with Crippen molar-refractivity contribution in [2.75, 3.05) is 0 Å². The largest absolute Gasteiger partial charge is 0.504 e. The van der Waals surface area contributed by atoms with Crippen molar-refractivity contribution in [3.05, 3.63) is 60.3 Å². The number of nitrogens with zero attached hydrogens (tertiary/aromatic N) is 2. The summed E-state index contributed by atoms with van der Waals surface area (Å²) in [7, 11) is 0. The van der Waals surface area contributed by atoms with Crippen LogP contribution in [-0.2, 0) is 5.54 Å². The van der Waals surface area contributed by atoms with Crippen LogP contribution in [0.2, 0.25) is 0 Å². The molecule has 1 aromatic heterocycles. The van der Waals surface area contributed by atoms with Gasteiger partial charge < -0.3 is 5.11 Å². The predicted octanol–water partition coefficient (Wildman–Crippen LogP) is 5.47. The van der Waals surface area contributed by atoms with Gasteiger partial charge in [-0.25, -0.2) is 0 Å². The molecule has 4 heteroatoms.